The van der Waals surface area contributed by atoms with Gasteiger partial charge in [0.2, 0.25) is 0 Å². The number of nitrogen functional groups attached to an aromatic ring is 8. The Kier molecular flexibility index (Phi) is 99.3. The van der Waals surface area contributed by atoms with Gasteiger partial charge in [0.15, 0.2) is 0 Å². The summed E-state index contributed by atoms with van der Waals surface area (Å²) in [6, 6.07) is 58.6. The van der Waals surface area contributed by atoms with E-state index in [0.29, 0.717) is 45.5 Å². The topological polar surface area (TPSA) is 419 Å². The van der Waals surface area contributed by atoms with Gasteiger partial charge >= 0.3 is 47.8 Å². The minimum atomic E-state index is -0.412. The van der Waals surface area contributed by atoms with Gasteiger partial charge in [-0.15, -0.1) is 0 Å². The highest BCUT2D eigenvalue weighted by Crippen LogP contribution is 2.20. The molecular formula is C89H132B4N8O16. The molecule has 0 saturated heterocycles. The van der Waals surface area contributed by atoms with Crippen LogP contribution in [0.5, 0.6) is 0 Å². The third-order valence-corrected chi connectivity index (χ3v) is 11.9. The number of esters is 8. The van der Waals surface area contributed by atoms with Crippen molar-refractivity contribution in [1.29, 1.82) is 0 Å². The average Bonchev–Trinajstić information content (AvgIpc) is 0.891. The minimum absolute atomic E-state index is 0. The summed E-state index contributed by atoms with van der Waals surface area (Å²) >= 11 is 0. The van der Waals surface area contributed by atoms with Gasteiger partial charge in [0.05, 0.1) is 28.4 Å². The Hall–Kier alpha value is -12.9. The first-order valence-corrected chi connectivity index (χ1v) is 34.0. The van der Waals surface area contributed by atoms with E-state index in [4.69, 9.17) is 64.8 Å². The van der Waals surface area contributed by atoms with Gasteiger partial charge in [-0.3, -0.25) is 19.2 Å². The van der Waals surface area contributed by atoms with Crippen molar-refractivity contribution in [3.05, 3.63) is 263 Å². The molecule has 0 spiro atoms. The lowest BCUT2D eigenvalue weighted by Gasteiger charge is -2.06. The van der Waals surface area contributed by atoms with Crippen molar-refractivity contribution in [3.63, 3.8) is 0 Å². The molecule has 0 fully saturated rings. The largest absolute Gasteiger partial charge is 0.469 e. The molecule has 0 atom stereocenters. The molecule has 0 aliphatic carbocycles. The molecule has 16 N–H and O–H groups in total. The van der Waals surface area contributed by atoms with Gasteiger partial charge in [0.25, 0.3) is 0 Å². The zero-order valence-corrected chi connectivity index (χ0v) is 67.4. The summed E-state index contributed by atoms with van der Waals surface area (Å²) < 4.78 is 36.9. The van der Waals surface area contributed by atoms with E-state index in [1.165, 1.54) is 80.4 Å². The van der Waals surface area contributed by atoms with Crippen molar-refractivity contribution in [2.45, 2.75) is 147 Å². The average molecular weight is 1610 g/mol. The number of carbonyl (C=O) groups is 8. The third kappa shape index (κ3) is 76.9. The predicted molar refractivity (Wildman–Crippen MR) is 495 cm³/mol. The Morgan fingerprint density at radius 3 is 0.615 bits per heavy atom. The van der Waals surface area contributed by atoms with Crippen LogP contribution < -0.4 is 45.9 Å². The highest BCUT2D eigenvalue weighted by atomic mass is 16.6. The Morgan fingerprint density at radius 1 is 0.265 bits per heavy atom. The normalized spacial score (nSPS) is 8.62. The lowest BCUT2D eigenvalue weighted by molar-refractivity contribution is -0.139. The highest BCUT2D eigenvalue weighted by Gasteiger charge is 2.07. The maximum Gasteiger partial charge on any atom is 0.331 e. The monoisotopic (exact) mass is 1610 g/mol. The summed E-state index contributed by atoms with van der Waals surface area (Å²) in [6.07, 6.45) is 12.4. The zero-order chi connectivity index (χ0) is 82.6. The summed E-state index contributed by atoms with van der Waals surface area (Å²) in [6.45, 7) is 22.0. The summed E-state index contributed by atoms with van der Waals surface area (Å²) in [5.41, 5.74) is 56.6. The van der Waals surface area contributed by atoms with E-state index in [0.717, 1.165) is 44.5 Å². The van der Waals surface area contributed by atoms with Crippen LogP contribution in [0.25, 0.3) is 24.3 Å². The fraction of sp³-hybridized carbons (Fsp3) is 0.281. The Bertz CT molecular complexity index is 3630. The van der Waals surface area contributed by atoms with E-state index < -0.39 is 23.9 Å². The number of anilines is 8. The second kappa shape index (κ2) is 87.1. The van der Waals surface area contributed by atoms with Crippen molar-refractivity contribution in [1.82, 2.24) is 0 Å². The second-order valence-corrected chi connectivity index (χ2v) is 20.1. The number of carbonyl (C=O) groups excluding carboxylic acids is 8. The molecule has 24 nitrogen and oxygen atoms in total. The van der Waals surface area contributed by atoms with E-state index in [2.05, 4.69) is 18.9 Å². The first kappa shape index (κ1) is 133. The van der Waals surface area contributed by atoms with Crippen LogP contribution in [0.1, 0.15) is 165 Å². The Morgan fingerprint density at radius 2 is 0.444 bits per heavy atom. The van der Waals surface area contributed by atoms with Crippen molar-refractivity contribution >= 4 is 151 Å². The molecular weight excluding hydrogens is 1480 g/mol. The lowest BCUT2D eigenvalue weighted by atomic mass is 10.2. The molecule has 0 aliphatic heterocycles. The first-order valence-electron chi connectivity index (χ1n) is 34.0. The number of hydrogen-bond acceptors (Lipinski definition) is 24. The van der Waals surface area contributed by atoms with E-state index >= 15 is 0 Å². The predicted octanol–water partition coefficient (Wildman–Crippen LogP) is 16.9. The van der Waals surface area contributed by atoms with Crippen LogP contribution in [0.2, 0.25) is 0 Å². The molecule has 8 aromatic rings. The van der Waals surface area contributed by atoms with Crippen LogP contribution in [0.3, 0.4) is 0 Å². The van der Waals surface area contributed by atoms with E-state index in [1.54, 1.807) is 97.1 Å². The quantitative estimate of drug-likeness (QED) is 0.0146. The van der Waals surface area contributed by atoms with Gasteiger partial charge in [0, 0.05) is 142 Å². The van der Waals surface area contributed by atoms with Crippen LogP contribution in [0, 0.1) is 0 Å². The number of rotatable bonds is 16. The van der Waals surface area contributed by atoms with E-state index in [-0.39, 0.29) is 121 Å². The van der Waals surface area contributed by atoms with Crippen molar-refractivity contribution in [3.8, 4) is 0 Å². The summed E-state index contributed by atoms with van der Waals surface area (Å²) in [7, 11) is 5.40. The maximum absolute atomic E-state index is 11.6. The number of methoxy groups -OCH3 is 4. The Balaban J connectivity index is -0.0000000987. The second-order valence-electron chi connectivity index (χ2n) is 20.1. The number of nitrogens with two attached hydrogens (primary N) is 8. The number of hydrogen-bond donors (Lipinski definition) is 8. The SMILES string of the molecule is C.C.C.C.C.CC.CC.CC.CC.COC(C)=O.COC(C)=O.COC(C)=O.COC(C)=O.Nc1cc(N)cc(COC(=O)/C=C/c2ccccc2)c1.Nc1cc(N)cc(COC(=O)/C=C/c2ccccc2)c1.Nc1ccc(COC(=O)/C=C/c2ccccc2)c(N)c1.Nc1ccc(COC(=O)/C=C/c2ccccc2)c(N)c1.[B].[B].[B].[B]. The first-order chi connectivity index (χ1) is 51.6. The van der Waals surface area contributed by atoms with Crippen LogP contribution in [0.4, 0.5) is 45.5 Å². The third-order valence-electron chi connectivity index (χ3n) is 11.9. The van der Waals surface area contributed by atoms with Crippen LogP contribution in [0.15, 0.2) is 218 Å². The molecule has 117 heavy (non-hydrogen) atoms. The van der Waals surface area contributed by atoms with Crippen molar-refractivity contribution in [2.24, 2.45) is 0 Å². The fourth-order valence-electron chi connectivity index (χ4n) is 6.86. The van der Waals surface area contributed by atoms with Crippen LogP contribution in [-0.4, -0.2) is 110 Å². The highest BCUT2D eigenvalue weighted by molar-refractivity contribution is 5.89. The minimum Gasteiger partial charge on any atom is -0.469 e. The number of ether oxygens (including phenoxy) is 8. The zero-order valence-electron chi connectivity index (χ0n) is 67.4. The van der Waals surface area contributed by atoms with Crippen LogP contribution >= 0.6 is 0 Å². The fourth-order valence-corrected chi connectivity index (χ4v) is 6.86. The molecule has 636 valence electrons. The molecule has 8 rings (SSSR count). The van der Waals surface area contributed by atoms with Gasteiger partial charge in [-0.2, -0.15) is 0 Å². The molecule has 0 amide bonds. The molecule has 28 heteroatoms. The molecule has 0 heterocycles. The molecule has 0 aromatic heterocycles. The molecule has 12 radical (unpaired) electrons. The number of benzene rings is 8. The molecule has 0 aliphatic rings. The standard InChI is InChI=1S/4C16H16N2O2.4C3H6O2.4C2H6.5CH4.4B/c2*17-14-8-7-13(15(18)10-14)11-20-16(19)9-6-12-4-2-1-3-5-12;2*17-14-8-13(9-15(18)10-14)11-20-16(19)7-6-12-4-2-1-3-5-12;4*1-3(4)5-2;4*1-2;;;;;;;;;/h4*1-10H,11,17-18H2;4*1-2H3;4*1-2H3;5*1H4;;;;/b2*9-6+;2*7-6+;;;;;;;;;;;;;;;;;. The molecule has 8 aromatic carbocycles. The van der Waals surface area contributed by atoms with Gasteiger partial charge in [-0.25, -0.2) is 19.2 Å². The molecule has 0 bridgehead atoms. The summed E-state index contributed by atoms with van der Waals surface area (Å²) in [4.78, 5) is 84.7. The molecule has 0 unspecified atom stereocenters. The van der Waals surface area contributed by atoms with Crippen molar-refractivity contribution in [2.75, 3.05) is 74.3 Å². The maximum atomic E-state index is 11.6. The van der Waals surface area contributed by atoms with Crippen LogP contribution in [-0.2, 0) is 103 Å². The van der Waals surface area contributed by atoms with Crippen molar-refractivity contribution < 1.29 is 76.3 Å². The van der Waals surface area contributed by atoms with Gasteiger partial charge in [0.1, 0.15) is 26.4 Å². The Labute approximate surface area is 707 Å². The van der Waals surface area contributed by atoms with Gasteiger partial charge in [-0.1, -0.05) is 226 Å². The lowest BCUT2D eigenvalue weighted by Crippen LogP contribution is -2.03. The molecule has 0 saturated carbocycles. The summed E-state index contributed by atoms with van der Waals surface area (Å²) in [5.74, 6) is -2.62. The van der Waals surface area contributed by atoms with E-state index in [1.807, 2.05) is 177 Å². The van der Waals surface area contributed by atoms with Gasteiger partial charge in [-0.05, 0) is 118 Å². The summed E-state index contributed by atoms with van der Waals surface area (Å²) in [5, 5.41) is 0. The smallest absolute Gasteiger partial charge is 0.331 e. The van der Waals surface area contributed by atoms with E-state index in [9.17, 15) is 38.4 Å². The van der Waals surface area contributed by atoms with Gasteiger partial charge < -0.3 is 83.8 Å².